The molecule has 0 aliphatic carbocycles. The van der Waals surface area contributed by atoms with Gasteiger partial charge in [-0.3, -0.25) is 14.2 Å². The maximum Gasteiger partial charge on any atom is 0.335 e. The third-order valence-corrected chi connectivity index (χ3v) is 6.27. The summed E-state index contributed by atoms with van der Waals surface area (Å²) in [6.07, 6.45) is 0. The summed E-state index contributed by atoms with van der Waals surface area (Å²) in [6.45, 7) is 2.46. The maximum atomic E-state index is 13.2. The lowest BCUT2D eigenvalue weighted by Gasteiger charge is -2.25. The first-order valence-corrected chi connectivity index (χ1v) is 10.0. The fourth-order valence-corrected chi connectivity index (χ4v) is 4.72. The molecule has 2 N–H and O–H groups in total. The first-order chi connectivity index (χ1) is 14.4. The summed E-state index contributed by atoms with van der Waals surface area (Å²) < 4.78 is 1.88. The number of amides is 1. The average Bonchev–Trinajstić information content (AvgIpc) is 3.23. The SMILES string of the molecule is Cc1ccc2c(c1)C(=c1sc3n(c1=O)CN(c1cccc(C(=O)O)c1)CN=3)C(=O)N2. The number of nitrogens with zero attached hydrogens (tertiary/aromatic N) is 3. The largest absolute Gasteiger partial charge is 0.478 e. The molecule has 2 aromatic carbocycles. The molecule has 0 bridgehead atoms. The number of hydrogen-bond donors (Lipinski definition) is 2. The van der Waals surface area contributed by atoms with Gasteiger partial charge in [0.1, 0.15) is 17.9 Å². The van der Waals surface area contributed by atoms with Gasteiger partial charge in [0.05, 0.1) is 11.1 Å². The Kier molecular flexibility index (Phi) is 4.07. The Morgan fingerprint density at radius 1 is 1.20 bits per heavy atom. The summed E-state index contributed by atoms with van der Waals surface area (Å²) in [7, 11) is 0. The van der Waals surface area contributed by atoms with E-state index in [1.54, 1.807) is 18.2 Å². The van der Waals surface area contributed by atoms with Crippen LogP contribution in [-0.4, -0.2) is 28.2 Å². The van der Waals surface area contributed by atoms with Crippen LogP contribution in [0.25, 0.3) is 5.57 Å². The van der Waals surface area contributed by atoms with Crippen LogP contribution in [-0.2, 0) is 11.5 Å². The number of nitrogens with one attached hydrogen (secondary N) is 1. The molecule has 30 heavy (non-hydrogen) atoms. The van der Waals surface area contributed by atoms with Crippen LogP contribution in [0.5, 0.6) is 0 Å². The van der Waals surface area contributed by atoms with Crippen LogP contribution >= 0.6 is 11.3 Å². The van der Waals surface area contributed by atoms with Crippen LogP contribution in [0.15, 0.2) is 52.3 Å². The van der Waals surface area contributed by atoms with Gasteiger partial charge in [0.25, 0.3) is 11.5 Å². The van der Waals surface area contributed by atoms with Gasteiger partial charge in [-0.15, -0.1) is 0 Å². The molecule has 2 aliphatic rings. The third-order valence-electron chi connectivity index (χ3n) is 5.16. The Morgan fingerprint density at radius 3 is 2.83 bits per heavy atom. The Balaban J connectivity index is 1.62. The summed E-state index contributed by atoms with van der Waals surface area (Å²) in [6, 6.07) is 12.2. The normalized spacial score (nSPS) is 16.6. The van der Waals surface area contributed by atoms with Crippen LogP contribution in [0, 0.1) is 6.92 Å². The van der Waals surface area contributed by atoms with Crippen molar-refractivity contribution in [2.45, 2.75) is 13.6 Å². The van der Waals surface area contributed by atoms with Crippen LogP contribution in [0.3, 0.4) is 0 Å². The van der Waals surface area contributed by atoms with E-state index in [0.717, 1.165) is 11.1 Å². The van der Waals surface area contributed by atoms with Crippen molar-refractivity contribution >= 4 is 40.2 Å². The van der Waals surface area contributed by atoms with Crippen molar-refractivity contribution in [2.24, 2.45) is 4.99 Å². The van der Waals surface area contributed by atoms with E-state index in [1.807, 2.05) is 30.0 Å². The van der Waals surface area contributed by atoms with E-state index in [1.165, 1.54) is 22.0 Å². The lowest BCUT2D eigenvalue weighted by molar-refractivity contribution is -0.110. The molecule has 5 rings (SSSR count). The number of anilines is 2. The molecule has 0 unspecified atom stereocenters. The quantitative estimate of drug-likeness (QED) is 0.647. The summed E-state index contributed by atoms with van der Waals surface area (Å²) in [5.41, 5.74) is 3.34. The van der Waals surface area contributed by atoms with Gasteiger partial charge in [-0.2, -0.15) is 0 Å². The summed E-state index contributed by atoms with van der Waals surface area (Å²) >= 11 is 1.20. The van der Waals surface area contributed by atoms with Gasteiger partial charge in [0.15, 0.2) is 4.80 Å². The molecule has 8 nitrogen and oxygen atoms in total. The molecule has 0 radical (unpaired) electrons. The second-order valence-electron chi connectivity index (χ2n) is 7.16. The number of aryl methyl sites for hydroxylation is 1. The van der Waals surface area contributed by atoms with E-state index in [4.69, 9.17) is 0 Å². The van der Waals surface area contributed by atoms with Crippen molar-refractivity contribution in [3.8, 4) is 0 Å². The number of thiazole rings is 1. The third kappa shape index (κ3) is 2.82. The van der Waals surface area contributed by atoms with Crippen molar-refractivity contribution in [3.63, 3.8) is 0 Å². The minimum Gasteiger partial charge on any atom is -0.478 e. The summed E-state index contributed by atoms with van der Waals surface area (Å²) in [4.78, 5) is 43.9. The Labute approximate surface area is 174 Å². The number of carbonyl (C=O) groups is 2. The molecule has 0 saturated carbocycles. The molecular formula is C21H16N4O4S. The first-order valence-electron chi connectivity index (χ1n) is 9.21. The zero-order valence-electron chi connectivity index (χ0n) is 15.9. The van der Waals surface area contributed by atoms with Gasteiger partial charge in [-0.1, -0.05) is 29.0 Å². The topological polar surface area (TPSA) is 104 Å². The predicted octanol–water partition coefficient (Wildman–Crippen LogP) is 1.12. The van der Waals surface area contributed by atoms with E-state index < -0.39 is 5.97 Å². The molecule has 1 amide bonds. The number of hydrogen-bond acceptors (Lipinski definition) is 6. The molecule has 3 aromatic rings. The minimum absolute atomic E-state index is 0.168. The highest BCUT2D eigenvalue weighted by molar-refractivity contribution is 7.07. The lowest BCUT2D eigenvalue weighted by Crippen LogP contribution is -2.43. The molecule has 9 heteroatoms. The minimum atomic E-state index is -1.01. The number of benzene rings is 2. The van der Waals surface area contributed by atoms with Crippen molar-refractivity contribution in [2.75, 3.05) is 16.9 Å². The maximum absolute atomic E-state index is 13.2. The molecule has 0 fully saturated rings. The number of rotatable bonds is 2. The van der Waals surface area contributed by atoms with E-state index in [-0.39, 0.29) is 23.7 Å². The van der Waals surface area contributed by atoms with Gasteiger partial charge in [-0.05, 0) is 37.3 Å². The Morgan fingerprint density at radius 2 is 2.03 bits per heavy atom. The number of carbonyl (C=O) groups excluding carboxylic acids is 1. The molecule has 2 aliphatic heterocycles. The lowest BCUT2D eigenvalue weighted by atomic mass is 10.1. The van der Waals surface area contributed by atoms with Crippen molar-refractivity contribution in [1.29, 1.82) is 0 Å². The van der Waals surface area contributed by atoms with E-state index in [2.05, 4.69) is 10.3 Å². The molecular weight excluding hydrogens is 404 g/mol. The summed E-state index contributed by atoms with van der Waals surface area (Å²) in [5.74, 6) is -1.31. The fraction of sp³-hybridized carbons (Fsp3) is 0.143. The summed E-state index contributed by atoms with van der Waals surface area (Å²) in [5, 5.41) is 12.0. The van der Waals surface area contributed by atoms with E-state index in [9.17, 15) is 19.5 Å². The molecule has 0 saturated heterocycles. The number of carboxylic acids is 1. The van der Waals surface area contributed by atoms with Gasteiger partial charge in [-0.25, -0.2) is 9.79 Å². The molecule has 0 spiro atoms. The van der Waals surface area contributed by atoms with Crippen molar-refractivity contribution < 1.29 is 14.7 Å². The van der Waals surface area contributed by atoms with Gasteiger partial charge >= 0.3 is 5.97 Å². The monoisotopic (exact) mass is 420 g/mol. The second-order valence-corrected chi connectivity index (χ2v) is 8.14. The number of aromatic nitrogens is 1. The fourth-order valence-electron chi connectivity index (χ4n) is 3.67. The average molecular weight is 420 g/mol. The standard InChI is InChI=1S/C21H16N4O4S/c1-11-5-6-15-14(7-11)16(18(26)23-15)17-19(27)25-10-24(9-22-21(25)30-17)13-4-2-3-12(8-13)20(28)29/h2-8H,9-10H2,1H3,(H,23,26)(H,28,29). The first kappa shape index (κ1) is 18.3. The second kappa shape index (κ2) is 6.67. The zero-order valence-corrected chi connectivity index (χ0v) is 16.7. The smallest absolute Gasteiger partial charge is 0.335 e. The molecule has 150 valence electrons. The van der Waals surface area contributed by atoms with Gasteiger partial charge < -0.3 is 15.3 Å². The van der Waals surface area contributed by atoms with E-state index in [0.29, 0.717) is 33.0 Å². The Hall–Kier alpha value is -3.72. The predicted molar refractivity (Wildman–Crippen MR) is 112 cm³/mol. The number of aromatic carboxylic acids is 1. The van der Waals surface area contributed by atoms with Gasteiger partial charge in [0, 0.05) is 16.9 Å². The van der Waals surface area contributed by atoms with E-state index >= 15 is 0 Å². The van der Waals surface area contributed by atoms with Gasteiger partial charge in [0.2, 0.25) is 0 Å². The van der Waals surface area contributed by atoms with Crippen LogP contribution in [0.4, 0.5) is 11.4 Å². The highest BCUT2D eigenvalue weighted by Crippen LogP contribution is 2.30. The number of fused-ring (bicyclic) bond motifs is 2. The molecule has 3 heterocycles. The molecule has 1 aromatic heterocycles. The highest BCUT2D eigenvalue weighted by Gasteiger charge is 2.28. The van der Waals surface area contributed by atoms with Crippen molar-refractivity contribution in [1.82, 2.24) is 4.57 Å². The van der Waals surface area contributed by atoms with Crippen LogP contribution < -0.4 is 25.1 Å². The molecule has 0 atom stereocenters. The Bertz CT molecular complexity index is 1420. The van der Waals surface area contributed by atoms with Crippen molar-refractivity contribution in [3.05, 3.63) is 78.8 Å². The van der Waals surface area contributed by atoms with Crippen LogP contribution in [0.1, 0.15) is 21.5 Å². The zero-order chi connectivity index (χ0) is 21.0. The number of carboxylic acid groups (broad SMARTS) is 1. The highest BCUT2D eigenvalue weighted by atomic mass is 32.1. The van der Waals surface area contributed by atoms with Crippen LogP contribution in [0.2, 0.25) is 0 Å².